The minimum absolute atomic E-state index is 0.0858. The van der Waals surface area contributed by atoms with Crippen LogP contribution in [0.25, 0.3) is 5.69 Å². The first-order chi connectivity index (χ1) is 10.1. The molecule has 6 heteroatoms. The molecule has 1 N–H and O–H groups in total. The maximum atomic E-state index is 12.5. The third-order valence-corrected chi connectivity index (χ3v) is 3.98. The number of carbonyl (C=O) groups excluding carboxylic acids is 1. The van der Waals surface area contributed by atoms with E-state index in [0.29, 0.717) is 30.1 Å². The third-order valence-electron chi connectivity index (χ3n) is 3.74. The number of rotatable bonds is 2. The maximum Gasteiger partial charge on any atom is 0.257 e. The van der Waals surface area contributed by atoms with Crippen molar-refractivity contribution in [2.24, 2.45) is 0 Å². The van der Waals surface area contributed by atoms with Gasteiger partial charge in [0, 0.05) is 18.1 Å². The van der Waals surface area contributed by atoms with Crippen molar-refractivity contribution in [2.45, 2.75) is 19.4 Å². The summed E-state index contributed by atoms with van der Waals surface area (Å²) in [6.45, 7) is 2.83. The zero-order valence-corrected chi connectivity index (χ0v) is 12.4. The van der Waals surface area contributed by atoms with Crippen molar-refractivity contribution in [2.75, 3.05) is 13.1 Å². The number of halogens is 1. The standard InChI is InChI=1S/C15H16ClN3O2/c1-10-14(15(21)18-6-5-13(20)9-18)8-17-19(10)12-4-2-3-11(16)7-12/h2-4,7-8,13,20H,5-6,9H2,1H3/t13-/m1/s1. The lowest BCUT2D eigenvalue weighted by Gasteiger charge is -2.15. The Morgan fingerprint density at radius 3 is 2.95 bits per heavy atom. The van der Waals surface area contributed by atoms with Gasteiger partial charge in [-0.25, -0.2) is 4.68 Å². The summed E-state index contributed by atoms with van der Waals surface area (Å²) in [5, 5.41) is 14.5. The van der Waals surface area contributed by atoms with Gasteiger partial charge in [-0.2, -0.15) is 5.10 Å². The van der Waals surface area contributed by atoms with Gasteiger partial charge in [-0.05, 0) is 31.5 Å². The van der Waals surface area contributed by atoms with Crippen LogP contribution in [0.3, 0.4) is 0 Å². The monoisotopic (exact) mass is 305 g/mol. The van der Waals surface area contributed by atoms with Crippen LogP contribution in [-0.4, -0.2) is 44.9 Å². The fraction of sp³-hybridized carbons (Fsp3) is 0.333. The number of benzene rings is 1. The molecular formula is C15H16ClN3O2. The fourth-order valence-electron chi connectivity index (χ4n) is 2.58. The van der Waals surface area contributed by atoms with Crippen molar-refractivity contribution in [1.29, 1.82) is 0 Å². The number of aromatic nitrogens is 2. The SMILES string of the molecule is Cc1c(C(=O)N2CC[C@@H](O)C2)cnn1-c1cccc(Cl)c1. The van der Waals surface area contributed by atoms with Gasteiger partial charge >= 0.3 is 0 Å². The molecule has 1 fully saturated rings. The molecule has 1 atom stereocenters. The van der Waals surface area contributed by atoms with Gasteiger partial charge in [0.25, 0.3) is 5.91 Å². The number of aliphatic hydroxyl groups is 1. The molecule has 5 nitrogen and oxygen atoms in total. The molecule has 110 valence electrons. The summed E-state index contributed by atoms with van der Waals surface area (Å²) in [7, 11) is 0. The normalized spacial score (nSPS) is 18.2. The Balaban J connectivity index is 1.91. The summed E-state index contributed by atoms with van der Waals surface area (Å²) in [5.74, 6) is -0.0858. The zero-order chi connectivity index (χ0) is 15.0. The molecule has 1 aliphatic heterocycles. The van der Waals surface area contributed by atoms with Gasteiger partial charge < -0.3 is 10.0 Å². The Hall–Kier alpha value is -1.85. The highest BCUT2D eigenvalue weighted by Gasteiger charge is 2.27. The first-order valence-electron chi connectivity index (χ1n) is 6.84. The van der Waals surface area contributed by atoms with Gasteiger partial charge in [-0.3, -0.25) is 4.79 Å². The number of aliphatic hydroxyl groups excluding tert-OH is 1. The first kappa shape index (κ1) is 14.1. The van der Waals surface area contributed by atoms with E-state index >= 15 is 0 Å². The van der Waals surface area contributed by atoms with E-state index in [9.17, 15) is 9.90 Å². The van der Waals surface area contributed by atoms with Crippen LogP contribution < -0.4 is 0 Å². The molecule has 1 aromatic heterocycles. The minimum Gasteiger partial charge on any atom is -0.391 e. The molecule has 2 aromatic rings. The molecule has 3 rings (SSSR count). The van der Waals surface area contributed by atoms with Crippen molar-refractivity contribution >= 4 is 17.5 Å². The quantitative estimate of drug-likeness (QED) is 0.923. The van der Waals surface area contributed by atoms with E-state index in [0.717, 1.165) is 11.4 Å². The van der Waals surface area contributed by atoms with E-state index in [1.165, 1.54) is 0 Å². The smallest absolute Gasteiger partial charge is 0.257 e. The highest BCUT2D eigenvalue weighted by Crippen LogP contribution is 2.20. The second kappa shape index (κ2) is 5.50. The number of hydrogen-bond acceptors (Lipinski definition) is 3. The van der Waals surface area contributed by atoms with Crippen LogP contribution in [0.5, 0.6) is 0 Å². The molecular weight excluding hydrogens is 290 g/mol. The van der Waals surface area contributed by atoms with E-state index in [1.54, 1.807) is 27.9 Å². The van der Waals surface area contributed by atoms with E-state index < -0.39 is 6.10 Å². The second-order valence-electron chi connectivity index (χ2n) is 5.23. The molecule has 0 unspecified atom stereocenters. The predicted octanol–water partition coefficient (Wildman–Crippen LogP) is 2.04. The van der Waals surface area contributed by atoms with Crippen LogP contribution in [0.4, 0.5) is 0 Å². The summed E-state index contributed by atoms with van der Waals surface area (Å²) in [5.41, 5.74) is 2.15. The number of likely N-dealkylation sites (tertiary alicyclic amines) is 1. The van der Waals surface area contributed by atoms with E-state index in [-0.39, 0.29) is 5.91 Å². The fourth-order valence-corrected chi connectivity index (χ4v) is 2.77. The number of nitrogens with zero attached hydrogens (tertiary/aromatic N) is 3. The van der Waals surface area contributed by atoms with Crippen molar-refractivity contribution in [1.82, 2.24) is 14.7 Å². The summed E-state index contributed by atoms with van der Waals surface area (Å²) in [6.07, 6.45) is 1.79. The van der Waals surface area contributed by atoms with Gasteiger partial charge in [0.2, 0.25) is 0 Å². The molecule has 0 radical (unpaired) electrons. The first-order valence-corrected chi connectivity index (χ1v) is 7.22. The molecule has 0 spiro atoms. The zero-order valence-electron chi connectivity index (χ0n) is 11.7. The molecule has 0 saturated carbocycles. The van der Waals surface area contributed by atoms with E-state index in [1.807, 2.05) is 19.1 Å². The van der Waals surface area contributed by atoms with Crippen LogP contribution in [-0.2, 0) is 0 Å². The van der Waals surface area contributed by atoms with Crippen molar-refractivity contribution in [3.8, 4) is 5.69 Å². The second-order valence-corrected chi connectivity index (χ2v) is 5.67. The maximum absolute atomic E-state index is 12.5. The average Bonchev–Trinajstić information content (AvgIpc) is 3.04. The summed E-state index contributed by atoms with van der Waals surface area (Å²) < 4.78 is 1.70. The topological polar surface area (TPSA) is 58.4 Å². The average molecular weight is 306 g/mol. The molecule has 0 aliphatic carbocycles. The largest absolute Gasteiger partial charge is 0.391 e. The molecule has 0 bridgehead atoms. The van der Waals surface area contributed by atoms with Crippen molar-refractivity contribution in [3.63, 3.8) is 0 Å². The van der Waals surface area contributed by atoms with Crippen molar-refractivity contribution in [3.05, 3.63) is 46.7 Å². The predicted molar refractivity (Wildman–Crippen MR) is 79.8 cm³/mol. The Kier molecular flexibility index (Phi) is 3.69. The Morgan fingerprint density at radius 2 is 2.29 bits per heavy atom. The molecule has 1 aromatic carbocycles. The van der Waals surface area contributed by atoms with Crippen LogP contribution in [0.15, 0.2) is 30.5 Å². The van der Waals surface area contributed by atoms with Gasteiger partial charge in [0.15, 0.2) is 0 Å². The molecule has 1 saturated heterocycles. The van der Waals surface area contributed by atoms with Crippen LogP contribution >= 0.6 is 11.6 Å². The summed E-state index contributed by atoms with van der Waals surface area (Å²) in [4.78, 5) is 14.1. The summed E-state index contributed by atoms with van der Waals surface area (Å²) >= 11 is 5.99. The summed E-state index contributed by atoms with van der Waals surface area (Å²) in [6, 6.07) is 7.33. The highest BCUT2D eigenvalue weighted by molar-refractivity contribution is 6.30. The van der Waals surface area contributed by atoms with Gasteiger partial charge in [-0.1, -0.05) is 17.7 Å². The van der Waals surface area contributed by atoms with Crippen LogP contribution in [0, 0.1) is 6.92 Å². The van der Waals surface area contributed by atoms with Gasteiger partial charge in [-0.15, -0.1) is 0 Å². The lowest BCUT2D eigenvalue weighted by molar-refractivity contribution is 0.0764. The Bertz CT molecular complexity index is 683. The van der Waals surface area contributed by atoms with Gasteiger partial charge in [0.1, 0.15) is 0 Å². The third kappa shape index (κ3) is 2.66. The van der Waals surface area contributed by atoms with Crippen molar-refractivity contribution < 1.29 is 9.90 Å². The number of amides is 1. The number of β-amino-alcohol motifs (C(OH)–C–C–N with tert-alkyl or cyclic N) is 1. The number of carbonyl (C=O) groups is 1. The van der Waals surface area contributed by atoms with E-state index in [4.69, 9.17) is 11.6 Å². The minimum atomic E-state index is -0.419. The number of hydrogen-bond donors (Lipinski definition) is 1. The molecule has 1 amide bonds. The Labute approximate surface area is 127 Å². The molecule has 21 heavy (non-hydrogen) atoms. The lowest BCUT2D eigenvalue weighted by atomic mass is 10.2. The van der Waals surface area contributed by atoms with Crippen LogP contribution in [0.1, 0.15) is 22.5 Å². The lowest BCUT2D eigenvalue weighted by Crippen LogP contribution is -2.29. The Morgan fingerprint density at radius 1 is 1.48 bits per heavy atom. The van der Waals surface area contributed by atoms with E-state index in [2.05, 4.69) is 5.10 Å². The van der Waals surface area contributed by atoms with Gasteiger partial charge in [0.05, 0.1) is 29.2 Å². The molecule has 1 aliphatic rings. The molecule has 2 heterocycles. The highest BCUT2D eigenvalue weighted by atomic mass is 35.5. The van der Waals surface area contributed by atoms with Crippen LogP contribution in [0.2, 0.25) is 5.02 Å².